The number of halogens is 1. The zero-order chi connectivity index (χ0) is 16.4. The summed E-state index contributed by atoms with van der Waals surface area (Å²) < 4.78 is 20.5. The largest absolute Gasteiger partial charge is 0.479 e. The molecule has 0 aliphatic carbocycles. The highest BCUT2D eigenvalue weighted by Gasteiger charge is 2.29. The van der Waals surface area contributed by atoms with Gasteiger partial charge >= 0.3 is 5.97 Å². The van der Waals surface area contributed by atoms with Gasteiger partial charge in [0.15, 0.2) is 6.10 Å². The third-order valence-electron chi connectivity index (χ3n) is 3.49. The summed E-state index contributed by atoms with van der Waals surface area (Å²) in [5.41, 5.74) is 0.307. The van der Waals surface area contributed by atoms with Gasteiger partial charge < -0.3 is 14.7 Å². The van der Waals surface area contributed by atoms with Crippen LogP contribution < -0.4 is 0 Å². The molecule has 1 unspecified atom stereocenters. The molecule has 0 radical (unpaired) electrons. The van der Waals surface area contributed by atoms with Crippen LogP contribution in [0.25, 0.3) is 5.69 Å². The highest BCUT2D eigenvalue weighted by Crippen LogP contribution is 2.17. The first kappa shape index (κ1) is 15.1. The van der Waals surface area contributed by atoms with Gasteiger partial charge in [-0.2, -0.15) is 5.10 Å². The lowest BCUT2D eigenvalue weighted by atomic mass is 10.1. The van der Waals surface area contributed by atoms with Crippen LogP contribution in [0.5, 0.6) is 0 Å². The molecule has 1 aliphatic rings. The van der Waals surface area contributed by atoms with Crippen LogP contribution in [0.4, 0.5) is 4.39 Å². The van der Waals surface area contributed by atoms with E-state index in [9.17, 15) is 14.0 Å². The third-order valence-corrected chi connectivity index (χ3v) is 3.49. The van der Waals surface area contributed by atoms with Crippen LogP contribution >= 0.6 is 0 Å². The Balaban J connectivity index is 1.80. The number of carbonyl (C=O) groups is 2. The molecule has 8 nitrogen and oxygen atoms in total. The SMILES string of the molecule is O=C(O)C1CN(C(=O)c2ccc(-n3cncn3)c(F)c2)CCO1. The first-order chi connectivity index (χ1) is 11.1. The Morgan fingerprint density at radius 2 is 2.22 bits per heavy atom. The fraction of sp³-hybridized carbons (Fsp3) is 0.286. The minimum Gasteiger partial charge on any atom is -0.479 e. The molecule has 0 saturated carbocycles. The maximum Gasteiger partial charge on any atom is 0.334 e. The van der Waals surface area contributed by atoms with Gasteiger partial charge in [0.25, 0.3) is 5.91 Å². The second kappa shape index (κ2) is 6.13. The van der Waals surface area contributed by atoms with Gasteiger partial charge in [-0.05, 0) is 18.2 Å². The Morgan fingerprint density at radius 3 is 2.87 bits per heavy atom. The number of rotatable bonds is 3. The lowest BCUT2D eigenvalue weighted by Gasteiger charge is -2.31. The quantitative estimate of drug-likeness (QED) is 0.875. The zero-order valence-corrected chi connectivity index (χ0v) is 11.9. The number of nitrogens with zero attached hydrogens (tertiary/aromatic N) is 4. The number of hydrogen-bond donors (Lipinski definition) is 1. The summed E-state index contributed by atoms with van der Waals surface area (Å²) in [6, 6.07) is 3.99. The fourth-order valence-electron chi connectivity index (χ4n) is 2.32. The van der Waals surface area contributed by atoms with E-state index >= 15 is 0 Å². The van der Waals surface area contributed by atoms with Crippen LogP contribution in [0.1, 0.15) is 10.4 Å². The number of carboxylic acids is 1. The maximum atomic E-state index is 14.2. The minimum atomic E-state index is -1.13. The van der Waals surface area contributed by atoms with Gasteiger partial charge in [0.2, 0.25) is 0 Å². The molecule has 2 aromatic rings. The van der Waals surface area contributed by atoms with Crippen LogP contribution in [0.2, 0.25) is 0 Å². The van der Waals surface area contributed by atoms with Gasteiger partial charge in [0, 0.05) is 12.1 Å². The molecular formula is C14H13FN4O4. The summed E-state index contributed by atoms with van der Waals surface area (Å²) >= 11 is 0. The van der Waals surface area contributed by atoms with Gasteiger partial charge in [0.05, 0.1) is 13.2 Å². The normalized spacial score (nSPS) is 18.0. The van der Waals surface area contributed by atoms with Crippen LogP contribution in [0, 0.1) is 5.82 Å². The van der Waals surface area contributed by atoms with E-state index in [1.165, 1.54) is 34.4 Å². The maximum absolute atomic E-state index is 14.2. The van der Waals surface area contributed by atoms with E-state index in [0.717, 1.165) is 6.07 Å². The average Bonchev–Trinajstić information content (AvgIpc) is 3.08. The lowest BCUT2D eigenvalue weighted by molar-refractivity contribution is -0.154. The second-order valence-corrected chi connectivity index (χ2v) is 4.96. The number of amides is 1. The number of carbonyl (C=O) groups excluding carboxylic acids is 1. The van der Waals surface area contributed by atoms with Gasteiger partial charge in [-0.3, -0.25) is 4.79 Å². The first-order valence-electron chi connectivity index (χ1n) is 6.84. The molecule has 1 amide bonds. The summed E-state index contributed by atoms with van der Waals surface area (Å²) in [5, 5.41) is 12.8. The van der Waals surface area contributed by atoms with Crippen LogP contribution in [0.15, 0.2) is 30.9 Å². The van der Waals surface area contributed by atoms with Crippen molar-refractivity contribution in [1.82, 2.24) is 19.7 Å². The van der Waals surface area contributed by atoms with E-state index in [1.54, 1.807) is 0 Å². The summed E-state index contributed by atoms with van der Waals surface area (Å²) in [6.07, 6.45) is 1.56. The molecule has 120 valence electrons. The molecule has 9 heteroatoms. The summed E-state index contributed by atoms with van der Waals surface area (Å²) in [6.45, 7) is 0.317. The van der Waals surface area contributed by atoms with E-state index in [1.807, 2.05) is 0 Å². The second-order valence-electron chi connectivity index (χ2n) is 4.96. The van der Waals surface area contributed by atoms with Crippen LogP contribution in [-0.2, 0) is 9.53 Å². The Labute approximate surface area is 130 Å². The van der Waals surface area contributed by atoms with Gasteiger partial charge in [-0.1, -0.05) is 0 Å². The van der Waals surface area contributed by atoms with Crippen molar-refractivity contribution in [2.24, 2.45) is 0 Å². The Kier molecular flexibility index (Phi) is 4.02. The van der Waals surface area contributed by atoms with Crippen molar-refractivity contribution in [2.45, 2.75) is 6.10 Å². The molecule has 1 aliphatic heterocycles. The van der Waals surface area contributed by atoms with E-state index in [4.69, 9.17) is 9.84 Å². The van der Waals surface area contributed by atoms with Crippen molar-refractivity contribution in [3.8, 4) is 5.69 Å². The predicted octanol–water partition coefficient (Wildman–Crippen LogP) is 0.332. The number of benzene rings is 1. The van der Waals surface area contributed by atoms with E-state index in [2.05, 4.69) is 10.1 Å². The molecule has 1 saturated heterocycles. The number of hydrogen-bond acceptors (Lipinski definition) is 5. The summed E-state index contributed by atoms with van der Waals surface area (Å²) in [4.78, 5) is 28.4. The molecule has 3 rings (SSSR count). The van der Waals surface area contributed by atoms with Crippen molar-refractivity contribution in [2.75, 3.05) is 19.7 Å². The lowest BCUT2D eigenvalue weighted by Crippen LogP contribution is -2.48. The Morgan fingerprint density at radius 1 is 1.39 bits per heavy atom. The summed E-state index contributed by atoms with van der Waals surface area (Å²) in [7, 11) is 0. The molecule has 1 atom stereocenters. The number of ether oxygens (including phenoxy) is 1. The molecule has 1 aromatic carbocycles. The predicted molar refractivity (Wildman–Crippen MR) is 74.6 cm³/mol. The molecular weight excluding hydrogens is 307 g/mol. The van der Waals surface area contributed by atoms with Crippen molar-refractivity contribution < 1.29 is 23.8 Å². The molecule has 23 heavy (non-hydrogen) atoms. The highest BCUT2D eigenvalue weighted by atomic mass is 19.1. The Bertz CT molecular complexity index is 734. The van der Waals surface area contributed by atoms with Crippen molar-refractivity contribution >= 4 is 11.9 Å². The van der Waals surface area contributed by atoms with Gasteiger partial charge in [0.1, 0.15) is 24.2 Å². The molecule has 1 N–H and O–H groups in total. The molecule has 0 spiro atoms. The minimum absolute atomic E-state index is 0.0688. The topological polar surface area (TPSA) is 97.6 Å². The standard InChI is InChI=1S/C14H13FN4O4/c15-10-5-9(1-2-11(10)19-8-16-7-17-19)13(20)18-3-4-23-12(6-18)14(21)22/h1-2,5,7-8,12H,3-4,6H2,(H,21,22). The van der Waals surface area contributed by atoms with Crippen molar-refractivity contribution in [1.29, 1.82) is 0 Å². The Hall–Kier alpha value is -2.81. The number of morpholine rings is 1. The zero-order valence-electron chi connectivity index (χ0n) is 11.9. The monoisotopic (exact) mass is 320 g/mol. The third kappa shape index (κ3) is 3.04. The van der Waals surface area contributed by atoms with Crippen molar-refractivity contribution in [3.63, 3.8) is 0 Å². The molecule has 1 fully saturated rings. The van der Waals surface area contributed by atoms with Crippen LogP contribution in [0.3, 0.4) is 0 Å². The molecule has 2 heterocycles. The number of aromatic nitrogens is 3. The smallest absolute Gasteiger partial charge is 0.334 e. The number of carboxylic acid groups (broad SMARTS) is 1. The average molecular weight is 320 g/mol. The highest BCUT2D eigenvalue weighted by molar-refractivity contribution is 5.95. The van der Waals surface area contributed by atoms with Crippen molar-refractivity contribution in [3.05, 3.63) is 42.2 Å². The fourth-order valence-corrected chi connectivity index (χ4v) is 2.32. The van der Waals surface area contributed by atoms with E-state index in [-0.39, 0.29) is 30.9 Å². The van der Waals surface area contributed by atoms with Crippen LogP contribution in [-0.4, -0.2) is 62.4 Å². The first-order valence-corrected chi connectivity index (χ1v) is 6.84. The summed E-state index contributed by atoms with van der Waals surface area (Å²) in [5.74, 6) is -2.19. The molecule has 0 bridgehead atoms. The van der Waals surface area contributed by atoms with E-state index < -0.39 is 23.8 Å². The molecule has 1 aromatic heterocycles. The van der Waals surface area contributed by atoms with Gasteiger partial charge in [-0.25, -0.2) is 18.9 Å². The van der Waals surface area contributed by atoms with Gasteiger partial charge in [-0.15, -0.1) is 0 Å². The van der Waals surface area contributed by atoms with E-state index in [0.29, 0.717) is 0 Å². The number of aliphatic carboxylic acids is 1.